The summed E-state index contributed by atoms with van der Waals surface area (Å²) < 4.78 is 0. The van der Waals surface area contributed by atoms with E-state index < -0.39 is 0 Å². The molecule has 0 aromatic rings. The van der Waals surface area contributed by atoms with Crippen molar-refractivity contribution in [2.24, 2.45) is 0 Å². The molecule has 76 valence electrons. The van der Waals surface area contributed by atoms with Gasteiger partial charge in [0, 0.05) is 19.1 Å². The fraction of sp³-hybridized carbons (Fsp3) is 0.818. The number of nitrogens with one attached hydrogen (secondary N) is 1. The molecule has 1 heterocycles. The molecule has 13 heavy (non-hydrogen) atoms. The third-order valence-electron chi connectivity index (χ3n) is 2.87. The van der Waals surface area contributed by atoms with E-state index in [0.29, 0.717) is 0 Å². The minimum Gasteiger partial charge on any atom is -0.315 e. The van der Waals surface area contributed by atoms with Gasteiger partial charge in [0.05, 0.1) is 0 Å². The van der Waals surface area contributed by atoms with Gasteiger partial charge in [0.2, 0.25) is 0 Å². The number of hydrogen-bond acceptors (Lipinski definition) is 2. The SMILES string of the molecule is C=C(CC)CN(C)C1CCCNC1. The highest BCUT2D eigenvalue weighted by Gasteiger charge is 2.17. The first-order valence-electron chi connectivity index (χ1n) is 5.31. The van der Waals surface area contributed by atoms with Gasteiger partial charge in [0.15, 0.2) is 0 Å². The zero-order chi connectivity index (χ0) is 9.68. The minimum atomic E-state index is 0.719. The number of likely N-dealkylation sites (N-methyl/N-ethyl adjacent to an activating group) is 1. The van der Waals surface area contributed by atoms with Crippen LogP contribution in [0.1, 0.15) is 26.2 Å². The molecule has 1 aliphatic heterocycles. The Hall–Kier alpha value is -0.340. The van der Waals surface area contributed by atoms with Gasteiger partial charge in [-0.25, -0.2) is 0 Å². The molecule has 2 nitrogen and oxygen atoms in total. The van der Waals surface area contributed by atoms with Gasteiger partial charge in [-0.2, -0.15) is 0 Å². The van der Waals surface area contributed by atoms with Crippen molar-refractivity contribution in [3.63, 3.8) is 0 Å². The second kappa shape index (κ2) is 5.40. The first-order valence-corrected chi connectivity index (χ1v) is 5.31. The molecule has 0 saturated carbocycles. The summed E-state index contributed by atoms with van der Waals surface area (Å²) in [5.74, 6) is 0. The molecule has 1 fully saturated rings. The predicted molar refractivity (Wildman–Crippen MR) is 58.0 cm³/mol. The Balaban J connectivity index is 2.28. The van der Waals surface area contributed by atoms with Crippen molar-refractivity contribution in [3.05, 3.63) is 12.2 Å². The van der Waals surface area contributed by atoms with Crippen LogP contribution in [0.4, 0.5) is 0 Å². The number of hydrogen-bond donors (Lipinski definition) is 1. The van der Waals surface area contributed by atoms with Crippen LogP contribution >= 0.6 is 0 Å². The van der Waals surface area contributed by atoms with Crippen molar-refractivity contribution in [2.75, 3.05) is 26.7 Å². The minimum absolute atomic E-state index is 0.719. The molecule has 0 aromatic carbocycles. The highest BCUT2D eigenvalue weighted by molar-refractivity contribution is 4.96. The lowest BCUT2D eigenvalue weighted by Gasteiger charge is -2.32. The molecule has 0 aliphatic carbocycles. The highest BCUT2D eigenvalue weighted by Crippen LogP contribution is 2.10. The van der Waals surface area contributed by atoms with E-state index in [2.05, 4.69) is 30.8 Å². The van der Waals surface area contributed by atoms with E-state index in [-0.39, 0.29) is 0 Å². The van der Waals surface area contributed by atoms with E-state index in [1.165, 1.54) is 25.0 Å². The van der Waals surface area contributed by atoms with Crippen molar-refractivity contribution in [1.29, 1.82) is 0 Å². The zero-order valence-corrected chi connectivity index (χ0v) is 8.97. The van der Waals surface area contributed by atoms with Gasteiger partial charge in [-0.1, -0.05) is 19.1 Å². The molecular weight excluding hydrogens is 160 g/mol. The number of rotatable bonds is 4. The molecule has 0 bridgehead atoms. The normalized spacial score (nSPS) is 23.5. The molecule has 1 unspecified atom stereocenters. The van der Waals surface area contributed by atoms with Gasteiger partial charge in [-0.15, -0.1) is 0 Å². The Morgan fingerprint density at radius 1 is 1.62 bits per heavy atom. The van der Waals surface area contributed by atoms with Crippen LogP contribution in [0.15, 0.2) is 12.2 Å². The van der Waals surface area contributed by atoms with Gasteiger partial charge in [-0.05, 0) is 32.9 Å². The summed E-state index contributed by atoms with van der Waals surface area (Å²) in [5, 5.41) is 3.44. The van der Waals surface area contributed by atoms with Crippen molar-refractivity contribution in [1.82, 2.24) is 10.2 Å². The molecule has 1 aliphatic rings. The van der Waals surface area contributed by atoms with Crippen LogP contribution in [0.2, 0.25) is 0 Å². The van der Waals surface area contributed by atoms with Gasteiger partial charge < -0.3 is 5.32 Å². The first-order chi connectivity index (χ1) is 6.24. The van der Waals surface area contributed by atoms with Crippen molar-refractivity contribution < 1.29 is 0 Å². The van der Waals surface area contributed by atoms with Crippen LogP contribution < -0.4 is 5.32 Å². The number of nitrogens with zero attached hydrogens (tertiary/aromatic N) is 1. The Labute approximate surface area is 82.0 Å². The van der Waals surface area contributed by atoms with Gasteiger partial charge in [0.1, 0.15) is 0 Å². The summed E-state index contributed by atoms with van der Waals surface area (Å²) in [7, 11) is 2.21. The molecule has 0 amide bonds. The summed E-state index contributed by atoms with van der Waals surface area (Å²) in [6.07, 6.45) is 3.75. The van der Waals surface area contributed by atoms with Gasteiger partial charge >= 0.3 is 0 Å². The smallest absolute Gasteiger partial charge is 0.0221 e. The van der Waals surface area contributed by atoms with E-state index in [1.54, 1.807) is 0 Å². The van der Waals surface area contributed by atoms with E-state index in [9.17, 15) is 0 Å². The average molecular weight is 182 g/mol. The summed E-state index contributed by atoms with van der Waals surface area (Å²) in [4.78, 5) is 2.43. The van der Waals surface area contributed by atoms with Crippen molar-refractivity contribution >= 4 is 0 Å². The predicted octanol–water partition coefficient (Wildman–Crippen LogP) is 1.64. The second-order valence-corrected chi connectivity index (χ2v) is 4.02. The summed E-state index contributed by atoms with van der Waals surface area (Å²) in [6.45, 7) is 9.62. The molecule has 0 spiro atoms. The lowest BCUT2D eigenvalue weighted by atomic mass is 10.1. The molecule has 0 aromatic heterocycles. The van der Waals surface area contributed by atoms with Gasteiger partial charge in [-0.3, -0.25) is 4.90 Å². The molecule has 1 N–H and O–H groups in total. The van der Waals surface area contributed by atoms with E-state index in [0.717, 1.165) is 25.6 Å². The first kappa shape index (κ1) is 10.7. The standard InChI is InChI=1S/C11H22N2/c1-4-10(2)9-13(3)11-6-5-7-12-8-11/h11-12H,2,4-9H2,1,3H3. The lowest BCUT2D eigenvalue weighted by Crippen LogP contribution is -2.44. The van der Waals surface area contributed by atoms with Crippen molar-refractivity contribution in [3.8, 4) is 0 Å². The van der Waals surface area contributed by atoms with Crippen LogP contribution in [0.3, 0.4) is 0 Å². The molecular formula is C11H22N2. The van der Waals surface area contributed by atoms with Crippen molar-refractivity contribution in [2.45, 2.75) is 32.2 Å². The quantitative estimate of drug-likeness (QED) is 0.665. The maximum absolute atomic E-state index is 4.05. The molecule has 2 heteroatoms. The van der Waals surface area contributed by atoms with Crippen LogP contribution in [-0.4, -0.2) is 37.6 Å². The summed E-state index contributed by atoms with van der Waals surface area (Å²) in [5.41, 5.74) is 1.34. The zero-order valence-electron chi connectivity index (χ0n) is 8.97. The third-order valence-corrected chi connectivity index (χ3v) is 2.87. The van der Waals surface area contributed by atoms with E-state index in [4.69, 9.17) is 0 Å². The Morgan fingerprint density at radius 2 is 2.38 bits per heavy atom. The van der Waals surface area contributed by atoms with Gasteiger partial charge in [0.25, 0.3) is 0 Å². The fourth-order valence-corrected chi connectivity index (χ4v) is 1.80. The third kappa shape index (κ3) is 3.49. The monoisotopic (exact) mass is 182 g/mol. The topological polar surface area (TPSA) is 15.3 Å². The maximum Gasteiger partial charge on any atom is 0.0221 e. The number of piperidine rings is 1. The average Bonchev–Trinajstić information content (AvgIpc) is 2.19. The molecule has 0 radical (unpaired) electrons. The molecule has 1 atom stereocenters. The Morgan fingerprint density at radius 3 is 2.92 bits per heavy atom. The Bertz CT molecular complexity index is 159. The summed E-state index contributed by atoms with van der Waals surface area (Å²) >= 11 is 0. The summed E-state index contributed by atoms with van der Waals surface area (Å²) in [6, 6.07) is 0.719. The van der Waals surface area contributed by atoms with E-state index in [1.807, 2.05) is 0 Å². The Kier molecular flexibility index (Phi) is 4.46. The fourth-order valence-electron chi connectivity index (χ4n) is 1.80. The van der Waals surface area contributed by atoms with E-state index >= 15 is 0 Å². The maximum atomic E-state index is 4.05. The van der Waals surface area contributed by atoms with Crippen LogP contribution in [0.25, 0.3) is 0 Å². The lowest BCUT2D eigenvalue weighted by molar-refractivity contribution is 0.216. The second-order valence-electron chi connectivity index (χ2n) is 4.02. The van der Waals surface area contributed by atoms with Crippen LogP contribution in [0.5, 0.6) is 0 Å². The van der Waals surface area contributed by atoms with Crippen LogP contribution in [-0.2, 0) is 0 Å². The van der Waals surface area contributed by atoms with Crippen LogP contribution in [0, 0.1) is 0 Å². The highest BCUT2D eigenvalue weighted by atomic mass is 15.2. The largest absolute Gasteiger partial charge is 0.315 e. The molecule has 1 saturated heterocycles. The molecule has 1 rings (SSSR count).